The zero-order chi connectivity index (χ0) is 18.9. The number of carbonyl (C=O) groups is 2. The van der Waals surface area contributed by atoms with Gasteiger partial charge in [0.15, 0.2) is 10.3 Å². The highest BCUT2D eigenvalue weighted by Gasteiger charge is 2.11. The lowest BCUT2D eigenvalue weighted by Crippen LogP contribution is -2.42. The van der Waals surface area contributed by atoms with E-state index in [4.69, 9.17) is 23.2 Å². The van der Waals surface area contributed by atoms with Crippen molar-refractivity contribution in [2.45, 2.75) is 6.10 Å². The van der Waals surface area contributed by atoms with Crippen LogP contribution in [0.1, 0.15) is 0 Å². The van der Waals surface area contributed by atoms with E-state index < -0.39 is 18.2 Å². The highest BCUT2D eigenvalue weighted by Crippen LogP contribution is 2.17. The topological polar surface area (TPSA) is 128 Å². The molecule has 0 saturated heterocycles. The van der Waals surface area contributed by atoms with E-state index in [9.17, 15) is 14.7 Å². The Labute approximate surface area is 159 Å². The third-order valence-electron chi connectivity index (χ3n) is 3.01. The summed E-state index contributed by atoms with van der Waals surface area (Å²) in [6.07, 6.45) is 1.98. The molecule has 2 aromatic rings. The monoisotopic (exact) mass is 398 g/mol. The third kappa shape index (κ3) is 6.36. The van der Waals surface area contributed by atoms with Crippen LogP contribution in [0.5, 0.6) is 0 Å². The van der Waals surface area contributed by atoms with Crippen LogP contribution in [0.25, 0.3) is 0 Å². The Balaban J connectivity index is 1.69. The Kier molecular flexibility index (Phi) is 7.39. The third-order valence-corrected chi connectivity index (χ3v) is 3.61. The zero-order valence-electron chi connectivity index (χ0n) is 13.4. The number of pyridine rings is 2. The summed E-state index contributed by atoms with van der Waals surface area (Å²) in [4.78, 5) is 31.1. The zero-order valence-corrected chi connectivity index (χ0v) is 14.9. The number of hydrogen-bond donors (Lipinski definition) is 5. The smallest absolute Gasteiger partial charge is 0.319 e. The van der Waals surface area contributed by atoms with E-state index in [-0.39, 0.29) is 23.4 Å². The summed E-state index contributed by atoms with van der Waals surface area (Å²) in [5, 5.41) is 20.0. The van der Waals surface area contributed by atoms with E-state index in [1.54, 1.807) is 24.3 Å². The average molecular weight is 399 g/mol. The first-order valence-corrected chi connectivity index (χ1v) is 8.20. The second-order valence-electron chi connectivity index (χ2n) is 5.01. The van der Waals surface area contributed by atoms with Crippen molar-refractivity contribution >= 4 is 46.6 Å². The van der Waals surface area contributed by atoms with Gasteiger partial charge in [0.2, 0.25) is 0 Å². The van der Waals surface area contributed by atoms with Gasteiger partial charge < -0.3 is 26.4 Å². The van der Waals surface area contributed by atoms with Crippen molar-refractivity contribution in [1.82, 2.24) is 20.6 Å². The number of nitrogens with zero attached hydrogens (tertiary/aromatic N) is 2. The SMILES string of the molecule is O=C(NCC(O)CNC(=O)Nc1cccnc1Cl)Nc1cccnc1Cl. The van der Waals surface area contributed by atoms with Gasteiger partial charge in [-0.15, -0.1) is 0 Å². The predicted molar refractivity (Wildman–Crippen MR) is 98.5 cm³/mol. The maximum Gasteiger partial charge on any atom is 0.319 e. The number of carbonyl (C=O) groups excluding carboxylic acids is 2. The first-order valence-electron chi connectivity index (χ1n) is 7.44. The molecule has 0 spiro atoms. The van der Waals surface area contributed by atoms with Gasteiger partial charge in [-0.05, 0) is 24.3 Å². The van der Waals surface area contributed by atoms with Crippen LogP contribution in [0.3, 0.4) is 0 Å². The minimum atomic E-state index is -1.000. The van der Waals surface area contributed by atoms with Crippen LogP contribution in [0.15, 0.2) is 36.7 Å². The summed E-state index contributed by atoms with van der Waals surface area (Å²) in [5.74, 6) is 0. The molecular weight excluding hydrogens is 383 g/mol. The quantitative estimate of drug-likeness (QED) is 0.475. The molecule has 0 bridgehead atoms. The molecule has 0 aliphatic carbocycles. The van der Waals surface area contributed by atoms with Gasteiger partial charge in [-0.25, -0.2) is 19.6 Å². The molecule has 0 unspecified atom stereocenters. The standard InChI is InChI=1S/C15H16Cl2N6O3/c16-12-10(3-1-5-18-12)22-14(25)20-7-9(24)8-21-15(26)23-11-4-2-6-19-13(11)17/h1-6,9,24H,7-8H2,(H2,20,22,25)(H2,21,23,26). The van der Waals surface area contributed by atoms with Gasteiger partial charge in [-0.3, -0.25) is 0 Å². The van der Waals surface area contributed by atoms with Crippen molar-refractivity contribution in [1.29, 1.82) is 0 Å². The van der Waals surface area contributed by atoms with E-state index in [2.05, 4.69) is 31.2 Å². The van der Waals surface area contributed by atoms with Crippen LogP contribution < -0.4 is 21.3 Å². The number of anilines is 2. The number of aliphatic hydroxyl groups excluding tert-OH is 1. The largest absolute Gasteiger partial charge is 0.389 e. The maximum atomic E-state index is 11.7. The van der Waals surface area contributed by atoms with Gasteiger partial charge in [0, 0.05) is 25.5 Å². The van der Waals surface area contributed by atoms with E-state index in [1.807, 2.05) is 0 Å². The van der Waals surface area contributed by atoms with Gasteiger partial charge in [-0.2, -0.15) is 0 Å². The van der Waals surface area contributed by atoms with Gasteiger partial charge in [0.05, 0.1) is 17.5 Å². The number of rotatable bonds is 6. The lowest BCUT2D eigenvalue weighted by Gasteiger charge is -2.14. The van der Waals surface area contributed by atoms with Gasteiger partial charge in [-0.1, -0.05) is 23.2 Å². The molecular formula is C15H16Cl2N6O3. The van der Waals surface area contributed by atoms with E-state index in [0.29, 0.717) is 11.4 Å². The Morgan fingerprint density at radius 3 is 1.73 bits per heavy atom. The van der Waals surface area contributed by atoms with E-state index in [1.165, 1.54) is 12.4 Å². The Morgan fingerprint density at radius 1 is 0.923 bits per heavy atom. The number of urea groups is 2. The molecule has 2 aromatic heterocycles. The lowest BCUT2D eigenvalue weighted by molar-refractivity contribution is 0.170. The lowest BCUT2D eigenvalue weighted by atomic mass is 10.3. The van der Waals surface area contributed by atoms with Gasteiger partial charge in [0.25, 0.3) is 0 Å². The van der Waals surface area contributed by atoms with Crippen molar-refractivity contribution < 1.29 is 14.7 Å². The minimum Gasteiger partial charge on any atom is -0.389 e. The van der Waals surface area contributed by atoms with Crippen molar-refractivity contribution in [3.05, 3.63) is 47.0 Å². The van der Waals surface area contributed by atoms with Crippen LogP contribution in [0, 0.1) is 0 Å². The first kappa shape index (κ1) is 19.7. The molecule has 2 rings (SSSR count). The highest BCUT2D eigenvalue weighted by molar-refractivity contribution is 6.32. The molecule has 0 saturated carbocycles. The van der Waals surface area contributed by atoms with Crippen LogP contribution in [0.2, 0.25) is 10.3 Å². The number of hydrogen-bond acceptors (Lipinski definition) is 5. The Bertz CT molecular complexity index is 713. The van der Waals surface area contributed by atoms with Crippen LogP contribution >= 0.6 is 23.2 Å². The maximum absolute atomic E-state index is 11.7. The first-order chi connectivity index (χ1) is 12.5. The summed E-state index contributed by atoms with van der Waals surface area (Å²) in [5.41, 5.74) is 0.680. The average Bonchev–Trinajstić information content (AvgIpc) is 2.62. The molecule has 0 aliphatic heterocycles. The highest BCUT2D eigenvalue weighted by atomic mass is 35.5. The molecule has 138 valence electrons. The fraction of sp³-hybridized carbons (Fsp3) is 0.200. The van der Waals surface area contributed by atoms with Crippen molar-refractivity contribution in [3.63, 3.8) is 0 Å². The molecule has 0 aliphatic rings. The van der Waals surface area contributed by atoms with Crippen LogP contribution in [-0.2, 0) is 0 Å². The Morgan fingerprint density at radius 2 is 1.35 bits per heavy atom. The van der Waals surface area contributed by atoms with Crippen molar-refractivity contribution in [2.24, 2.45) is 0 Å². The number of aliphatic hydroxyl groups is 1. The van der Waals surface area contributed by atoms with Gasteiger partial charge >= 0.3 is 12.1 Å². The van der Waals surface area contributed by atoms with Gasteiger partial charge in [0.1, 0.15) is 0 Å². The van der Waals surface area contributed by atoms with E-state index in [0.717, 1.165) is 0 Å². The van der Waals surface area contributed by atoms with Crippen molar-refractivity contribution in [2.75, 3.05) is 23.7 Å². The fourth-order valence-electron chi connectivity index (χ4n) is 1.78. The molecule has 2 heterocycles. The molecule has 5 N–H and O–H groups in total. The predicted octanol–water partition coefficient (Wildman–Crippen LogP) is 2.09. The summed E-state index contributed by atoms with van der Waals surface area (Å²) >= 11 is 11.6. The van der Waals surface area contributed by atoms with Crippen LogP contribution in [-0.4, -0.2) is 46.3 Å². The normalized spacial score (nSPS) is 10.3. The second kappa shape index (κ2) is 9.76. The van der Waals surface area contributed by atoms with Crippen LogP contribution in [0.4, 0.5) is 21.0 Å². The Hall–Kier alpha value is -2.62. The minimum absolute atomic E-state index is 0.0857. The summed E-state index contributed by atoms with van der Waals surface area (Å²) < 4.78 is 0. The van der Waals surface area contributed by atoms with E-state index >= 15 is 0 Å². The molecule has 0 atom stereocenters. The molecule has 0 radical (unpaired) electrons. The number of amides is 4. The number of aromatic nitrogens is 2. The molecule has 11 heteroatoms. The molecule has 4 amide bonds. The fourth-order valence-corrected chi connectivity index (χ4v) is 2.12. The second-order valence-corrected chi connectivity index (χ2v) is 5.72. The molecule has 0 fully saturated rings. The number of halogens is 2. The number of nitrogens with one attached hydrogen (secondary N) is 4. The molecule has 9 nitrogen and oxygen atoms in total. The summed E-state index contributed by atoms with van der Waals surface area (Å²) in [7, 11) is 0. The molecule has 26 heavy (non-hydrogen) atoms. The summed E-state index contributed by atoms with van der Waals surface area (Å²) in [6, 6.07) is 5.28. The van der Waals surface area contributed by atoms with Crippen molar-refractivity contribution in [3.8, 4) is 0 Å². The molecule has 0 aromatic carbocycles. The summed E-state index contributed by atoms with van der Waals surface area (Å²) in [6.45, 7) is -0.171.